The first-order valence-corrected chi connectivity index (χ1v) is 10.1. The summed E-state index contributed by atoms with van der Waals surface area (Å²) < 4.78 is 18.7. The number of hydrogen-bond donors (Lipinski definition) is 0. The van der Waals surface area contributed by atoms with Gasteiger partial charge in [0.2, 0.25) is 5.91 Å². The standard InChI is InChI=1S/C22H24BrNO4/c1-21(2)13-22(18-10-16(23)7-8-19(18)28-21)14-24(20(25)12-27-22)11-15-5-4-6-17(9-15)26-3/h4-10H,11-14H2,1-3H3. The van der Waals surface area contributed by atoms with E-state index in [1.165, 1.54) is 0 Å². The van der Waals surface area contributed by atoms with Crippen molar-refractivity contribution >= 4 is 21.8 Å². The number of carbonyl (C=O) groups excluding carboxylic acids is 1. The molecule has 2 aliphatic rings. The molecule has 2 aliphatic heterocycles. The number of nitrogens with zero attached hydrogens (tertiary/aromatic N) is 1. The molecule has 6 heteroatoms. The van der Waals surface area contributed by atoms with Crippen molar-refractivity contribution in [3.63, 3.8) is 0 Å². The molecule has 1 spiro atoms. The van der Waals surface area contributed by atoms with E-state index in [9.17, 15) is 4.79 Å². The quantitative estimate of drug-likeness (QED) is 0.707. The maximum Gasteiger partial charge on any atom is 0.249 e. The number of morpholine rings is 1. The van der Waals surface area contributed by atoms with E-state index in [0.29, 0.717) is 19.5 Å². The number of hydrogen-bond acceptors (Lipinski definition) is 4. The second-order valence-corrected chi connectivity index (χ2v) is 8.98. The van der Waals surface area contributed by atoms with Crippen LogP contribution in [0.4, 0.5) is 0 Å². The van der Waals surface area contributed by atoms with Gasteiger partial charge in [-0.15, -0.1) is 0 Å². The fourth-order valence-electron chi connectivity index (χ4n) is 4.20. The van der Waals surface area contributed by atoms with Crippen molar-refractivity contribution in [3.05, 3.63) is 58.1 Å². The Kier molecular flexibility index (Phi) is 4.88. The highest BCUT2D eigenvalue weighted by Gasteiger charge is 2.50. The Hall–Kier alpha value is -2.05. The zero-order valence-corrected chi connectivity index (χ0v) is 17.9. The van der Waals surface area contributed by atoms with Crippen molar-refractivity contribution < 1.29 is 19.0 Å². The van der Waals surface area contributed by atoms with Crippen molar-refractivity contribution in [1.29, 1.82) is 0 Å². The van der Waals surface area contributed by atoms with Crippen molar-refractivity contribution in [2.75, 3.05) is 20.3 Å². The Bertz CT molecular complexity index is 913. The minimum Gasteiger partial charge on any atom is -0.497 e. The first-order valence-electron chi connectivity index (χ1n) is 9.34. The van der Waals surface area contributed by atoms with Gasteiger partial charge in [0, 0.05) is 23.0 Å². The molecule has 28 heavy (non-hydrogen) atoms. The summed E-state index contributed by atoms with van der Waals surface area (Å²) in [5.41, 5.74) is 1.05. The summed E-state index contributed by atoms with van der Waals surface area (Å²) in [7, 11) is 1.65. The molecule has 1 saturated heterocycles. The third kappa shape index (κ3) is 3.63. The summed E-state index contributed by atoms with van der Waals surface area (Å²) in [5, 5.41) is 0. The molecule has 5 nitrogen and oxygen atoms in total. The van der Waals surface area contributed by atoms with Crippen LogP contribution < -0.4 is 9.47 Å². The predicted octanol–water partition coefficient (Wildman–Crippen LogP) is 4.27. The van der Waals surface area contributed by atoms with Gasteiger partial charge in [-0.25, -0.2) is 0 Å². The fraction of sp³-hybridized carbons (Fsp3) is 0.409. The second kappa shape index (κ2) is 7.08. The van der Waals surface area contributed by atoms with Crippen molar-refractivity contribution in [3.8, 4) is 11.5 Å². The number of halogens is 1. The largest absolute Gasteiger partial charge is 0.497 e. The van der Waals surface area contributed by atoms with Gasteiger partial charge < -0.3 is 19.1 Å². The molecule has 2 heterocycles. The summed E-state index contributed by atoms with van der Waals surface area (Å²) in [6, 6.07) is 13.8. The molecule has 0 aromatic heterocycles. The van der Waals surface area contributed by atoms with Gasteiger partial charge in [-0.2, -0.15) is 0 Å². The lowest BCUT2D eigenvalue weighted by Crippen LogP contribution is -2.57. The van der Waals surface area contributed by atoms with E-state index in [1.807, 2.05) is 47.4 Å². The zero-order valence-electron chi connectivity index (χ0n) is 16.3. The van der Waals surface area contributed by atoms with Gasteiger partial charge in [0.15, 0.2) is 0 Å². The zero-order chi connectivity index (χ0) is 19.9. The van der Waals surface area contributed by atoms with Crippen LogP contribution in [0.25, 0.3) is 0 Å². The Labute approximate surface area is 173 Å². The number of ether oxygens (including phenoxy) is 3. The van der Waals surface area contributed by atoms with Crippen LogP contribution in [-0.2, 0) is 21.7 Å². The summed E-state index contributed by atoms with van der Waals surface area (Å²) in [4.78, 5) is 14.5. The van der Waals surface area contributed by atoms with E-state index in [-0.39, 0.29) is 18.1 Å². The van der Waals surface area contributed by atoms with E-state index in [4.69, 9.17) is 14.2 Å². The average molecular weight is 446 g/mol. The molecule has 2 aromatic rings. The van der Waals surface area contributed by atoms with Crippen LogP contribution in [0.3, 0.4) is 0 Å². The Balaban J connectivity index is 1.68. The van der Waals surface area contributed by atoms with E-state index in [0.717, 1.165) is 27.1 Å². The first kappa shape index (κ1) is 19.3. The van der Waals surface area contributed by atoms with Crippen LogP contribution in [-0.4, -0.2) is 36.7 Å². The molecule has 0 radical (unpaired) electrons. The minimum absolute atomic E-state index is 0.00529. The number of rotatable bonds is 3. The molecule has 0 aliphatic carbocycles. The number of amides is 1. The van der Waals surface area contributed by atoms with Crippen LogP contribution in [0.15, 0.2) is 46.9 Å². The molecular formula is C22H24BrNO4. The normalized spacial score (nSPS) is 23.3. The third-order valence-electron chi connectivity index (χ3n) is 5.31. The average Bonchev–Trinajstić information content (AvgIpc) is 2.65. The molecule has 0 bridgehead atoms. The molecule has 1 fully saturated rings. The van der Waals surface area contributed by atoms with Gasteiger partial charge in [-0.3, -0.25) is 4.79 Å². The highest BCUT2D eigenvalue weighted by atomic mass is 79.9. The number of methoxy groups -OCH3 is 1. The van der Waals surface area contributed by atoms with E-state index < -0.39 is 5.60 Å². The summed E-state index contributed by atoms with van der Waals surface area (Å²) in [5.74, 6) is 1.60. The highest BCUT2D eigenvalue weighted by Crippen LogP contribution is 2.48. The van der Waals surface area contributed by atoms with Crippen molar-refractivity contribution in [2.24, 2.45) is 0 Å². The van der Waals surface area contributed by atoms with Crippen LogP contribution in [0.5, 0.6) is 11.5 Å². The highest BCUT2D eigenvalue weighted by molar-refractivity contribution is 9.10. The second-order valence-electron chi connectivity index (χ2n) is 8.06. The summed E-state index contributed by atoms with van der Waals surface area (Å²) in [6.07, 6.45) is 0.672. The van der Waals surface area contributed by atoms with Crippen LogP contribution in [0, 0.1) is 0 Å². The minimum atomic E-state index is -0.590. The molecule has 148 valence electrons. The SMILES string of the molecule is COc1cccc(CN2CC3(CC(C)(C)Oc4ccc(Br)cc43)OCC2=O)c1. The van der Waals surface area contributed by atoms with Gasteiger partial charge in [-0.1, -0.05) is 28.1 Å². The lowest BCUT2D eigenvalue weighted by atomic mass is 9.79. The number of fused-ring (bicyclic) bond motifs is 2. The van der Waals surface area contributed by atoms with E-state index in [1.54, 1.807) is 7.11 Å². The number of benzene rings is 2. The Morgan fingerprint density at radius 1 is 1.21 bits per heavy atom. The molecule has 2 aromatic carbocycles. The molecule has 1 unspecified atom stereocenters. The fourth-order valence-corrected chi connectivity index (χ4v) is 4.56. The lowest BCUT2D eigenvalue weighted by molar-refractivity contribution is -0.181. The lowest BCUT2D eigenvalue weighted by Gasteiger charge is -2.50. The monoisotopic (exact) mass is 445 g/mol. The van der Waals surface area contributed by atoms with Gasteiger partial charge in [0.05, 0.1) is 13.7 Å². The number of carbonyl (C=O) groups is 1. The molecule has 1 amide bonds. The van der Waals surface area contributed by atoms with Gasteiger partial charge in [0.1, 0.15) is 29.3 Å². The van der Waals surface area contributed by atoms with Crippen LogP contribution in [0.2, 0.25) is 0 Å². The Morgan fingerprint density at radius 2 is 2.04 bits per heavy atom. The molecule has 0 N–H and O–H groups in total. The smallest absolute Gasteiger partial charge is 0.249 e. The predicted molar refractivity (Wildman–Crippen MR) is 110 cm³/mol. The van der Waals surface area contributed by atoms with E-state index in [2.05, 4.69) is 29.8 Å². The Morgan fingerprint density at radius 3 is 2.82 bits per heavy atom. The molecular weight excluding hydrogens is 422 g/mol. The van der Waals surface area contributed by atoms with Crippen molar-refractivity contribution in [1.82, 2.24) is 4.90 Å². The van der Waals surface area contributed by atoms with Crippen LogP contribution >= 0.6 is 15.9 Å². The summed E-state index contributed by atoms with van der Waals surface area (Å²) in [6.45, 7) is 5.19. The molecule has 1 atom stereocenters. The van der Waals surface area contributed by atoms with Gasteiger partial charge >= 0.3 is 0 Å². The van der Waals surface area contributed by atoms with E-state index >= 15 is 0 Å². The van der Waals surface area contributed by atoms with Crippen LogP contribution in [0.1, 0.15) is 31.4 Å². The maximum atomic E-state index is 12.6. The van der Waals surface area contributed by atoms with Gasteiger partial charge in [-0.05, 0) is 49.7 Å². The van der Waals surface area contributed by atoms with Gasteiger partial charge in [0.25, 0.3) is 0 Å². The summed E-state index contributed by atoms with van der Waals surface area (Å²) >= 11 is 3.56. The van der Waals surface area contributed by atoms with Crippen molar-refractivity contribution in [2.45, 2.75) is 38.0 Å². The first-order chi connectivity index (χ1) is 13.3. The molecule has 4 rings (SSSR count). The molecule has 0 saturated carbocycles. The maximum absolute atomic E-state index is 12.6. The topological polar surface area (TPSA) is 48.0 Å². The third-order valence-corrected chi connectivity index (χ3v) is 5.80.